The molecule has 4 rings (SSSR count). The van der Waals surface area contributed by atoms with Crippen LogP contribution in [0, 0.1) is 13.8 Å². The molecule has 124 valence electrons. The molecule has 1 aliphatic heterocycles. The molecule has 0 saturated carbocycles. The number of oxazole rings is 2. The number of hydrogen-bond acceptors (Lipinski definition) is 5. The Hall–Kier alpha value is -2.63. The lowest BCUT2D eigenvalue weighted by Crippen LogP contribution is -2.38. The van der Waals surface area contributed by atoms with Gasteiger partial charge in [0, 0.05) is 25.9 Å². The minimum absolute atomic E-state index is 0.0795. The molecule has 1 amide bonds. The number of rotatable bonds is 2. The predicted octanol–water partition coefficient (Wildman–Crippen LogP) is 3.45. The highest BCUT2D eigenvalue weighted by Crippen LogP contribution is 2.30. The molecule has 6 nitrogen and oxygen atoms in total. The van der Waals surface area contributed by atoms with E-state index in [1.54, 1.807) is 13.8 Å². The number of aromatic nitrogens is 2. The van der Waals surface area contributed by atoms with E-state index in [-0.39, 0.29) is 11.8 Å². The zero-order chi connectivity index (χ0) is 16.7. The van der Waals surface area contributed by atoms with Gasteiger partial charge in [-0.2, -0.15) is 0 Å². The summed E-state index contributed by atoms with van der Waals surface area (Å²) in [5.74, 6) is 1.82. The largest absolute Gasteiger partial charge is 0.440 e. The molecule has 0 atom stereocenters. The number of carbonyl (C=O) groups is 1. The van der Waals surface area contributed by atoms with Gasteiger partial charge >= 0.3 is 0 Å². The molecule has 0 aliphatic carbocycles. The number of para-hydroxylation sites is 2. The SMILES string of the molecule is Cc1nc(C)c(C(=O)N2CCC(c3nc4ccccc4o3)CC2)o1. The van der Waals surface area contributed by atoms with Gasteiger partial charge in [0.1, 0.15) is 5.52 Å². The van der Waals surface area contributed by atoms with Crippen LogP contribution in [0.4, 0.5) is 0 Å². The van der Waals surface area contributed by atoms with Crippen LogP contribution < -0.4 is 0 Å². The Morgan fingerprint density at radius 2 is 1.88 bits per heavy atom. The molecule has 1 fully saturated rings. The number of carbonyl (C=O) groups excluding carboxylic acids is 1. The normalized spacial score (nSPS) is 16.0. The van der Waals surface area contributed by atoms with Crippen molar-refractivity contribution in [3.63, 3.8) is 0 Å². The van der Waals surface area contributed by atoms with E-state index in [1.165, 1.54) is 0 Å². The van der Waals surface area contributed by atoms with E-state index >= 15 is 0 Å². The second-order valence-electron chi connectivity index (χ2n) is 6.23. The van der Waals surface area contributed by atoms with Gasteiger partial charge in [-0.1, -0.05) is 12.1 Å². The number of amides is 1. The number of piperidine rings is 1. The van der Waals surface area contributed by atoms with Gasteiger partial charge in [0.05, 0.1) is 5.69 Å². The summed E-state index contributed by atoms with van der Waals surface area (Å²) >= 11 is 0. The van der Waals surface area contributed by atoms with E-state index in [0.29, 0.717) is 30.4 Å². The molecule has 0 bridgehead atoms. The molecule has 3 heterocycles. The highest BCUT2D eigenvalue weighted by Gasteiger charge is 2.29. The first kappa shape index (κ1) is 14.9. The molecular weight excluding hydrogens is 306 g/mol. The fourth-order valence-electron chi connectivity index (χ4n) is 3.27. The van der Waals surface area contributed by atoms with E-state index in [4.69, 9.17) is 8.83 Å². The summed E-state index contributed by atoms with van der Waals surface area (Å²) in [6.07, 6.45) is 1.68. The fraction of sp³-hybridized carbons (Fsp3) is 0.389. The molecular formula is C18H19N3O3. The highest BCUT2D eigenvalue weighted by atomic mass is 16.4. The van der Waals surface area contributed by atoms with Gasteiger partial charge in [-0.15, -0.1) is 0 Å². The van der Waals surface area contributed by atoms with Crippen molar-refractivity contribution in [1.29, 1.82) is 0 Å². The van der Waals surface area contributed by atoms with Gasteiger partial charge < -0.3 is 13.7 Å². The van der Waals surface area contributed by atoms with E-state index in [9.17, 15) is 4.79 Å². The van der Waals surface area contributed by atoms with Gasteiger partial charge in [-0.25, -0.2) is 9.97 Å². The van der Waals surface area contributed by atoms with Crippen molar-refractivity contribution in [3.05, 3.63) is 47.5 Å². The van der Waals surface area contributed by atoms with Crippen LogP contribution in [0.2, 0.25) is 0 Å². The van der Waals surface area contributed by atoms with Gasteiger partial charge in [0.15, 0.2) is 17.4 Å². The Morgan fingerprint density at radius 3 is 2.54 bits per heavy atom. The van der Waals surface area contributed by atoms with Gasteiger partial charge in [0.2, 0.25) is 5.76 Å². The smallest absolute Gasteiger partial charge is 0.291 e. The highest BCUT2D eigenvalue weighted by molar-refractivity contribution is 5.92. The number of fused-ring (bicyclic) bond motifs is 1. The number of likely N-dealkylation sites (tertiary alicyclic amines) is 1. The Kier molecular flexibility index (Phi) is 3.59. The summed E-state index contributed by atoms with van der Waals surface area (Å²) in [6.45, 7) is 4.89. The summed E-state index contributed by atoms with van der Waals surface area (Å²) in [7, 11) is 0. The molecule has 3 aromatic rings. The third kappa shape index (κ3) is 2.58. The van der Waals surface area contributed by atoms with Crippen LogP contribution in [0.15, 0.2) is 33.1 Å². The molecule has 0 N–H and O–H groups in total. The van der Waals surface area contributed by atoms with Crippen molar-refractivity contribution in [2.45, 2.75) is 32.6 Å². The number of nitrogens with zero attached hydrogens (tertiary/aromatic N) is 3. The predicted molar refractivity (Wildman–Crippen MR) is 87.9 cm³/mol. The minimum Gasteiger partial charge on any atom is -0.440 e. The van der Waals surface area contributed by atoms with Gasteiger partial charge in [-0.3, -0.25) is 4.79 Å². The molecule has 0 radical (unpaired) electrons. The Balaban J connectivity index is 1.46. The molecule has 1 aliphatic rings. The van der Waals surface area contributed by atoms with Gasteiger partial charge in [-0.05, 0) is 31.9 Å². The minimum atomic E-state index is -0.0795. The van der Waals surface area contributed by atoms with Crippen molar-refractivity contribution >= 4 is 17.0 Å². The Morgan fingerprint density at radius 1 is 1.12 bits per heavy atom. The van der Waals surface area contributed by atoms with Crippen LogP contribution in [0.1, 0.15) is 46.8 Å². The van der Waals surface area contributed by atoms with Crippen molar-refractivity contribution in [3.8, 4) is 0 Å². The summed E-state index contributed by atoms with van der Waals surface area (Å²) in [5, 5.41) is 0. The van der Waals surface area contributed by atoms with Crippen LogP contribution in [0.25, 0.3) is 11.1 Å². The molecule has 1 saturated heterocycles. The lowest BCUT2D eigenvalue weighted by Gasteiger charge is -2.30. The maximum atomic E-state index is 12.6. The summed E-state index contributed by atoms with van der Waals surface area (Å²) in [5.41, 5.74) is 2.36. The van der Waals surface area contributed by atoms with Crippen LogP contribution in [0.3, 0.4) is 0 Å². The van der Waals surface area contributed by atoms with Crippen LogP contribution in [0.5, 0.6) is 0 Å². The third-order valence-electron chi connectivity index (χ3n) is 4.54. The first-order valence-corrected chi connectivity index (χ1v) is 8.20. The Bertz CT molecular complexity index is 855. The zero-order valence-corrected chi connectivity index (χ0v) is 13.8. The first-order valence-electron chi connectivity index (χ1n) is 8.20. The van der Waals surface area contributed by atoms with Crippen molar-refractivity contribution in [2.75, 3.05) is 13.1 Å². The second kappa shape index (κ2) is 5.78. The molecule has 6 heteroatoms. The summed E-state index contributed by atoms with van der Waals surface area (Å²) in [4.78, 5) is 23.2. The van der Waals surface area contributed by atoms with Crippen molar-refractivity contribution < 1.29 is 13.6 Å². The van der Waals surface area contributed by atoms with Gasteiger partial charge in [0.25, 0.3) is 5.91 Å². The van der Waals surface area contributed by atoms with Crippen LogP contribution in [-0.2, 0) is 0 Å². The number of hydrogen-bond donors (Lipinski definition) is 0. The topological polar surface area (TPSA) is 72.4 Å². The zero-order valence-electron chi connectivity index (χ0n) is 13.8. The first-order chi connectivity index (χ1) is 11.6. The maximum Gasteiger partial charge on any atom is 0.291 e. The monoisotopic (exact) mass is 325 g/mol. The number of benzene rings is 1. The molecule has 0 spiro atoms. The summed E-state index contributed by atoms with van der Waals surface area (Å²) in [6, 6.07) is 7.79. The van der Waals surface area contributed by atoms with Crippen LogP contribution >= 0.6 is 0 Å². The Labute approximate surface area is 139 Å². The second-order valence-corrected chi connectivity index (χ2v) is 6.23. The fourth-order valence-corrected chi connectivity index (χ4v) is 3.27. The standard InChI is InChI=1S/C18H19N3O3/c1-11-16(23-12(2)19-11)18(22)21-9-7-13(8-10-21)17-20-14-5-3-4-6-15(14)24-17/h3-6,13H,7-10H2,1-2H3. The maximum absolute atomic E-state index is 12.6. The quantitative estimate of drug-likeness (QED) is 0.721. The lowest BCUT2D eigenvalue weighted by molar-refractivity contribution is 0.0672. The van der Waals surface area contributed by atoms with Crippen molar-refractivity contribution in [2.24, 2.45) is 0 Å². The van der Waals surface area contributed by atoms with Crippen molar-refractivity contribution in [1.82, 2.24) is 14.9 Å². The molecule has 0 unspecified atom stereocenters. The third-order valence-corrected chi connectivity index (χ3v) is 4.54. The van der Waals surface area contributed by atoms with E-state index in [0.717, 1.165) is 29.8 Å². The molecule has 24 heavy (non-hydrogen) atoms. The average Bonchev–Trinajstić information content (AvgIpc) is 3.17. The van der Waals surface area contributed by atoms with Crippen LogP contribution in [-0.4, -0.2) is 33.9 Å². The average molecular weight is 325 g/mol. The lowest BCUT2D eigenvalue weighted by atomic mass is 9.96. The molecule has 1 aromatic carbocycles. The molecule has 2 aromatic heterocycles. The van der Waals surface area contributed by atoms with E-state index < -0.39 is 0 Å². The number of aryl methyl sites for hydroxylation is 2. The van der Waals surface area contributed by atoms with E-state index in [1.807, 2.05) is 29.2 Å². The summed E-state index contributed by atoms with van der Waals surface area (Å²) < 4.78 is 11.3. The van der Waals surface area contributed by atoms with E-state index in [2.05, 4.69) is 9.97 Å².